The molecule has 5 heteroatoms. The lowest BCUT2D eigenvalue weighted by molar-refractivity contribution is 0.361. The van der Waals surface area contributed by atoms with Gasteiger partial charge in [-0.25, -0.2) is 4.48 Å². The number of rotatable bonds is 1. The minimum Gasteiger partial charge on any atom is -0.328 e. The van der Waals surface area contributed by atoms with E-state index in [0.29, 0.717) is 16.6 Å². The third-order valence-corrected chi connectivity index (χ3v) is 4.75. The monoisotopic (exact) mass is 288 g/mol. The van der Waals surface area contributed by atoms with Gasteiger partial charge in [-0.15, -0.1) is 0 Å². The number of nitrogens with zero attached hydrogens (tertiary/aromatic N) is 2. The van der Waals surface area contributed by atoms with E-state index in [1.54, 1.807) is 0 Å². The van der Waals surface area contributed by atoms with Crippen LogP contribution in [-0.2, 0) is 0 Å². The van der Waals surface area contributed by atoms with Gasteiger partial charge in [0.25, 0.3) is 0 Å². The van der Waals surface area contributed by atoms with E-state index in [9.17, 15) is 0 Å². The van der Waals surface area contributed by atoms with E-state index in [1.807, 2.05) is 6.07 Å². The quantitative estimate of drug-likeness (QED) is 0.684. The van der Waals surface area contributed by atoms with Gasteiger partial charge in [0.15, 0.2) is 0 Å². The summed E-state index contributed by atoms with van der Waals surface area (Å²) in [5.74, 6) is 0.960. The van der Waals surface area contributed by atoms with Crippen LogP contribution in [0.2, 0.25) is 0 Å². The Morgan fingerprint density at radius 1 is 1.10 bits per heavy atom. The van der Waals surface area contributed by atoms with Crippen LogP contribution in [0.4, 0.5) is 5.69 Å². The van der Waals surface area contributed by atoms with Gasteiger partial charge < -0.3 is 16.8 Å². The molecule has 114 valence electrons. The molecule has 1 aliphatic heterocycles. The van der Waals surface area contributed by atoms with Crippen molar-refractivity contribution in [3.8, 4) is 0 Å². The summed E-state index contributed by atoms with van der Waals surface area (Å²) >= 11 is 0. The third kappa shape index (κ3) is 2.69. The number of aliphatic imine (C=N–C) groups is 1. The van der Waals surface area contributed by atoms with Crippen molar-refractivity contribution in [1.29, 1.82) is 0 Å². The smallest absolute Gasteiger partial charge is 0.304 e. The topological polar surface area (TPSA) is 76.4 Å². The second-order valence-electron chi connectivity index (χ2n) is 6.67. The lowest BCUT2D eigenvalue weighted by Crippen LogP contribution is -2.59. The number of hydrogen-bond acceptors (Lipinski definition) is 4. The molecule has 0 bridgehead atoms. The van der Waals surface area contributed by atoms with Gasteiger partial charge in [0.1, 0.15) is 11.9 Å². The van der Waals surface area contributed by atoms with Crippen LogP contribution in [0.1, 0.15) is 37.4 Å². The molecule has 1 saturated carbocycles. The summed E-state index contributed by atoms with van der Waals surface area (Å²) in [6, 6.07) is 9.12. The first-order valence-corrected chi connectivity index (χ1v) is 7.78. The number of nitrogens with one attached hydrogen (secondary N) is 1. The molecular formula is C16H26N5+. The first-order chi connectivity index (χ1) is 9.98. The number of fused-ring (bicyclic) bond motifs is 1. The molecule has 1 aliphatic carbocycles. The first kappa shape index (κ1) is 14.5. The first-order valence-electron chi connectivity index (χ1n) is 7.78. The molecule has 1 fully saturated rings. The van der Waals surface area contributed by atoms with E-state index in [1.165, 1.54) is 5.69 Å². The van der Waals surface area contributed by atoms with Crippen LogP contribution >= 0.6 is 0 Å². The van der Waals surface area contributed by atoms with Crippen molar-refractivity contribution in [3.05, 3.63) is 29.8 Å². The summed E-state index contributed by atoms with van der Waals surface area (Å²) < 4.78 is 0.617. The van der Waals surface area contributed by atoms with Gasteiger partial charge in [0.2, 0.25) is 0 Å². The number of guanidine groups is 1. The summed E-state index contributed by atoms with van der Waals surface area (Å²) in [4.78, 5) is 4.71. The highest BCUT2D eigenvalue weighted by molar-refractivity contribution is 5.93. The molecule has 1 aromatic rings. The van der Waals surface area contributed by atoms with Gasteiger partial charge in [-0.2, -0.15) is 4.99 Å². The number of hydrogen-bond donors (Lipinski definition) is 3. The number of quaternary nitrogens is 1. The van der Waals surface area contributed by atoms with Crippen LogP contribution in [0.15, 0.2) is 29.3 Å². The Morgan fingerprint density at radius 3 is 2.48 bits per heavy atom. The Labute approximate surface area is 126 Å². The van der Waals surface area contributed by atoms with Gasteiger partial charge in [0.05, 0.1) is 19.7 Å². The number of benzene rings is 1. The zero-order valence-electron chi connectivity index (χ0n) is 12.9. The molecule has 1 atom stereocenters. The lowest BCUT2D eigenvalue weighted by Gasteiger charge is -2.38. The zero-order valence-corrected chi connectivity index (χ0v) is 12.9. The fourth-order valence-electron chi connectivity index (χ4n) is 3.35. The molecular weight excluding hydrogens is 262 g/mol. The Balaban J connectivity index is 1.83. The normalized spacial score (nSPS) is 31.2. The number of nitrogens with two attached hydrogens (primary N) is 2. The molecule has 0 radical (unpaired) electrons. The zero-order chi connectivity index (χ0) is 15.0. The van der Waals surface area contributed by atoms with Crippen LogP contribution in [-0.4, -0.2) is 32.1 Å². The fourth-order valence-corrected chi connectivity index (χ4v) is 3.35. The molecule has 0 aromatic heterocycles. The van der Waals surface area contributed by atoms with Crippen LogP contribution in [0.5, 0.6) is 0 Å². The Morgan fingerprint density at radius 2 is 1.76 bits per heavy atom. The Hall–Kier alpha value is -1.43. The van der Waals surface area contributed by atoms with Crippen LogP contribution in [0.25, 0.3) is 0 Å². The van der Waals surface area contributed by atoms with E-state index in [4.69, 9.17) is 16.5 Å². The third-order valence-electron chi connectivity index (χ3n) is 4.75. The van der Waals surface area contributed by atoms with Crippen molar-refractivity contribution in [2.24, 2.45) is 16.5 Å². The summed E-state index contributed by atoms with van der Waals surface area (Å²) in [6.45, 7) is 0. The molecule has 0 amide bonds. The SMILES string of the molecule is C[N+]1(C)C(N[C@H]2CC[C@@H](N)CC2)=NC(N)c2ccccc21. The Bertz CT molecular complexity index is 543. The second kappa shape index (κ2) is 5.40. The van der Waals surface area contributed by atoms with E-state index >= 15 is 0 Å². The molecule has 5 N–H and O–H groups in total. The van der Waals surface area contributed by atoms with Crippen molar-refractivity contribution in [3.63, 3.8) is 0 Å². The summed E-state index contributed by atoms with van der Waals surface area (Å²) in [5.41, 5.74) is 14.5. The molecule has 0 spiro atoms. The molecule has 0 saturated heterocycles. The summed E-state index contributed by atoms with van der Waals surface area (Å²) in [5, 5.41) is 3.63. The van der Waals surface area contributed by atoms with Crippen molar-refractivity contribution in [1.82, 2.24) is 9.80 Å². The minimum atomic E-state index is -0.277. The predicted molar refractivity (Wildman–Crippen MR) is 87.8 cm³/mol. The average molecular weight is 288 g/mol. The van der Waals surface area contributed by atoms with Crippen LogP contribution < -0.4 is 21.3 Å². The second-order valence-corrected chi connectivity index (χ2v) is 6.67. The maximum atomic E-state index is 6.23. The van der Waals surface area contributed by atoms with Gasteiger partial charge >= 0.3 is 5.96 Å². The van der Waals surface area contributed by atoms with Crippen molar-refractivity contribution < 1.29 is 0 Å². The molecule has 21 heavy (non-hydrogen) atoms. The summed E-state index contributed by atoms with van der Waals surface area (Å²) in [6.07, 6.45) is 4.11. The van der Waals surface area contributed by atoms with E-state index in [0.717, 1.165) is 37.2 Å². The van der Waals surface area contributed by atoms with Crippen molar-refractivity contribution >= 4 is 11.6 Å². The highest BCUT2D eigenvalue weighted by atomic mass is 15.5. The maximum absolute atomic E-state index is 6.23. The molecule has 1 heterocycles. The highest BCUT2D eigenvalue weighted by Crippen LogP contribution is 2.33. The van der Waals surface area contributed by atoms with Crippen molar-refractivity contribution in [2.45, 2.75) is 43.9 Å². The van der Waals surface area contributed by atoms with Gasteiger partial charge in [-0.1, -0.05) is 12.1 Å². The average Bonchev–Trinajstić information content (AvgIpc) is 2.47. The highest BCUT2D eigenvalue weighted by Gasteiger charge is 2.37. The molecule has 2 aliphatic rings. The van der Waals surface area contributed by atoms with E-state index in [2.05, 4.69) is 37.6 Å². The fraction of sp³-hybridized carbons (Fsp3) is 0.562. The largest absolute Gasteiger partial charge is 0.328 e. The maximum Gasteiger partial charge on any atom is 0.304 e. The van der Waals surface area contributed by atoms with Gasteiger partial charge in [-0.05, 0) is 31.7 Å². The predicted octanol–water partition coefficient (Wildman–Crippen LogP) is 1.44. The van der Waals surface area contributed by atoms with Crippen LogP contribution in [0, 0.1) is 0 Å². The number of para-hydroxylation sites is 1. The van der Waals surface area contributed by atoms with Gasteiger partial charge in [-0.3, -0.25) is 0 Å². The minimum absolute atomic E-state index is 0.277. The van der Waals surface area contributed by atoms with E-state index < -0.39 is 0 Å². The molecule has 1 unspecified atom stereocenters. The molecule has 5 nitrogen and oxygen atoms in total. The Kier molecular flexibility index (Phi) is 3.73. The molecule has 1 aromatic carbocycles. The van der Waals surface area contributed by atoms with E-state index in [-0.39, 0.29) is 6.17 Å². The van der Waals surface area contributed by atoms with Crippen LogP contribution in [0.3, 0.4) is 0 Å². The lowest BCUT2D eigenvalue weighted by atomic mass is 9.92. The summed E-state index contributed by atoms with van der Waals surface area (Å²) in [7, 11) is 4.32. The standard InChI is InChI=1S/C16H26N5/c1-21(2)14-6-4-3-5-13(14)15(18)20-16(21)19-12-9-7-11(17)8-10-12/h3-6,11-12,15H,7-10,17-18H2,1-2H3,(H,19,20)/q+1/t11-,12+,15?. The molecule has 3 rings (SSSR count). The van der Waals surface area contributed by atoms with Crippen molar-refractivity contribution in [2.75, 3.05) is 14.1 Å². The van der Waals surface area contributed by atoms with Gasteiger partial charge in [0, 0.05) is 18.2 Å².